The molecule has 3 aromatic rings. The van der Waals surface area contributed by atoms with Crippen LogP contribution in [0.5, 0.6) is 5.75 Å². The predicted octanol–water partition coefficient (Wildman–Crippen LogP) is 7.07. The van der Waals surface area contributed by atoms with Crippen LogP contribution >= 0.6 is 0 Å². The molecule has 4 nitrogen and oxygen atoms in total. The Kier molecular flexibility index (Phi) is 11.8. The number of benzene rings is 3. The average Bonchev–Trinajstić information content (AvgIpc) is 3.43. The van der Waals surface area contributed by atoms with Gasteiger partial charge in [0.15, 0.2) is 5.71 Å². The molecular formula is C44H54IN3O. The first-order chi connectivity index (χ1) is 23.2. The maximum Gasteiger partial charge on any atom is 0.209 e. The molecule has 258 valence electrons. The lowest BCUT2D eigenvalue weighted by Crippen LogP contribution is -3.00. The normalized spacial score (nSPS) is 19.5. The second-order valence-electron chi connectivity index (χ2n) is 14.5. The van der Waals surface area contributed by atoms with Crippen LogP contribution in [-0.2, 0) is 17.3 Å². The van der Waals surface area contributed by atoms with Crippen LogP contribution in [0.15, 0.2) is 120 Å². The summed E-state index contributed by atoms with van der Waals surface area (Å²) in [6.45, 7) is 16.6. The second-order valence-corrected chi connectivity index (χ2v) is 14.5. The van der Waals surface area contributed by atoms with Crippen LogP contribution in [-0.4, -0.2) is 29.9 Å². The van der Waals surface area contributed by atoms with Crippen molar-refractivity contribution in [1.29, 1.82) is 0 Å². The molecule has 0 aromatic heterocycles. The van der Waals surface area contributed by atoms with E-state index in [9.17, 15) is 0 Å². The van der Waals surface area contributed by atoms with E-state index < -0.39 is 0 Å². The fourth-order valence-electron chi connectivity index (χ4n) is 7.93. The highest BCUT2D eigenvalue weighted by atomic mass is 127. The summed E-state index contributed by atoms with van der Waals surface area (Å²) in [6.07, 6.45) is 15.6. The standard InChI is InChI=1S/C44H54N3O.HI/c1-7-30-46-38-18-11-9-16-36(38)43(3,4)40(46)26-22-33-14-13-15-34(42(33)48-35-24-20-32(21-25-35)28-29-45)23-27-41-44(5,6)37-17-10-12-19-39(37)47(41)31-8-2;/h9-12,16-27H,7-8,13-15,28-31,45H2,1-6H3;1H/q+1;/p-1. The molecular weight excluding hydrogens is 713 g/mol. The van der Waals surface area contributed by atoms with Crippen molar-refractivity contribution in [3.8, 4) is 5.75 Å². The van der Waals surface area contributed by atoms with Gasteiger partial charge in [0.1, 0.15) is 18.1 Å². The first-order valence-electron chi connectivity index (χ1n) is 18.1. The van der Waals surface area contributed by atoms with Gasteiger partial charge in [-0.05, 0) is 105 Å². The van der Waals surface area contributed by atoms with E-state index in [4.69, 9.17) is 10.5 Å². The summed E-state index contributed by atoms with van der Waals surface area (Å²) in [5.41, 5.74) is 17.6. The minimum Gasteiger partial charge on any atom is -1.00 e. The maximum atomic E-state index is 6.88. The number of anilines is 1. The molecule has 0 spiro atoms. The largest absolute Gasteiger partial charge is 1.00 e. The van der Waals surface area contributed by atoms with Gasteiger partial charge >= 0.3 is 0 Å². The summed E-state index contributed by atoms with van der Waals surface area (Å²) in [6, 6.07) is 26.3. The molecule has 5 heteroatoms. The summed E-state index contributed by atoms with van der Waals surface area (Å²) in [5.74, 6) is 1.86. The first kappa shape index (κ1) is 36.9. The number of allylic oxidation sites excluding steroid dienone is 7. The Labute approximate surface area is 312 Å². The van der Waals surface area contributed by atoms with E-state index in [1.54, 1.807) is 0 Å². The smallest absolute Gasteiger partial charge is 0.209 e. The van der Waals surface area contributed by atoms with Crippen molar-refractivity contribution in [3.63, 3.8) is 0 Å². The highest BCUT2D eigenvalue weighted by Crippen LogP contribution is 2.48. The van der Waals surface area contributed by atoms with E-state index >= 15 is 0 Å². The third-order valence-electron chi connectivity index (χ3n) is 10.4. The molecule has 0 fully saturated rings. The lowest BCUT2D eigenvalue weighted by molar-refractivity contribution is -0.437. The molecule has 49 heavy (non-hydrogen) atoms. The van der Waals surface area contributed by atoms with Crippen LogP contribution in [0.1, 0.15) is 90.3 Å². The van der Waals surface area contributed by atoms with E-state index in [2.05, 4.69) is 148 Å². The fraction of sp³-hybridized carbons (Fsp3) is 0.386. The van der Waals surface area contributed by atoms with Crippen LogP contribution in [0.25, 0.3) is 0 Å². The van der Waals surface area contributed by atoms with E-state index in [0.717, 1.165) is 63.1 Å². The molecule has 1 aliphatic carbocycles. The highest BCUT2D eigenvalue weighted by molar-refractivity contribution is 6.03. The summed E-state index contributed by atoms with van der Waals surface area (Å²) < 4.78 is 9.41. The molecule has 3 aromatic carbocycles. The van der Waals surface area contributed by atoms with Gasteiger partial charge in [-0.15, -0.1) is 0 Å². The number of para-hydroxylation sites is 2. The highest BCUT2D eigenvalue weighted by Gasteiger charge is 2.44. The molecule has 6 rings (SSSR count). The molecule has 2 aliphatic heterocycles. The number of halogens is 1. The average molecular weight is 768 g/mol. The van der Waals surface area contributed by atoms with Crippen LogP contribution in [0, 0.1) is 0 Å². The Balaban J connectivity index is 0.00000468. The van der Waals surface area contributed by atoms with Gasteiger partial charge in [0, 0.05) is 47.5 Å². The van der Waals surface area contributed by atoms with Crippen molar-refractivity contribution in [1.82, 2.24) is 0 Å². The molecule has 0 radical (unpaired) electrons. The number of hydrogen-bond donors (Lipinski definition) is 1. The first-order valence-corrected chi connectivity index (χ1v) is 18.1. The minimum absolute atomic E-state index is 0. The summed E-state index contributed by atoms with van der Waals surface area (Å²) in [5, 5.41) is 0. The van der Waals surface area contributed by atoms with Crippen LogP contribution in [0.2, 0.25) is 0 Å². The zero-order chi connectivity index (χ0) is 33.9. The van der Waals surface area contributed by atoms with Gasteiger partial charge in [0.05, 0.1) is 5.41 Å². The van der Waals surface area contributed by atoms with Gasteiger partial charge in [-0.2, -0.15) is 4.58 Å². The van der Waals surface area contributed by atoms with Gasteiger partial charge in [0.25, 0.3) is 0 Å². The Hall–Kier alpha value is -3.42. The van der Waals surface area contributed by atoms with E-state index in [0.29, 0.717) is 6.54 Å². The number of nitrogens with two attached hydrogens (primary N) is 1. The van der Waals surface area contributed by atoms with Crippen molar-refractivity contribution < 1.29 is 33.3 Å². The van der Waals surface area contributed by atoms with E-state index in [-0.39, 0.29) is 34.8 Å². The number of rotatable bonds is 11. The maximum absolute atomic E-state index is 6.88. The SMILES string of the molecule is CCCN1/C(=C/C=C2\CCCC(/C=C/C3=[N+](CCC)c4ccccc4C3(C)C)=C2Oc2ccc(CCN)cc2)C(C)(C)c2ccccc21.[I-]. The van der Waals surface area contributed by atoms with Crippen molar-refractivity contribution in [2.45, 2.75) is 90.9 Å². The Morgan fingerprint density at radius 1 is 0.816 bits per heavy atom. The number of ether oxygens (including phenoxy) is 1. The van der Waals surface area contributed by atoms with Crippen molar-refractivity contribution >= 4 is 17.1 Å². The van der Waals surface area contributed by atoms with Gasteiger partial charge in [0.2, 0.25) is 5.69 Å². The second kappa shape index (κ2) is 15.6. The summed E-state index contributed by atoms with van der Waals surface area (Å²) in [4.78, 5) is 2.52. The number of fused-ring (bicyclic) bond motifs is 2. The molecule has 0 unspecified atom stereocenters. The molecule has 0 atom stereocenters. The minimum atomic E-state index is -0.0772. The van der Waals surface area contributed by atoms with Gasteiger partial charge < -0.3 is 39.3 Å². The lowest BCUT2D eigenvalue weighted by Gasteiger charge is -2.27. The Bertz CT molecular complexity index is 1810. The fourth-order valence-corrected chi connectivity index (χ4v) is 7.93. The molecule has 0 amide bonds. The van der Waals surface area contributed by atoms with Crippen molar-refractivity contribution in [3.05, 3.63) is 136 Å². The third kappa shape index (κ3) is 7.25. The molecule has 0 saturated carbocycles. The Morgan fingerprint density at radius 3 is 2.24 bits per heavy atom. The number of hydrogen-bond acceptors (Lipinski definition) is 3. The van der Waals surface area contributed by atoms with Crippen LogP contribution < -0.4 is 39.3 Å². The van der Waals surface area contributed by atoms with E-state index in [1.165, 1.54) is 50.6 Å². The van der Waals surface area contributed by atoms with Gasteiger partial charge in [-0.3, -0.25) is 0 Å². The molecule has 0 bridgehead atoms. The zero-order valence-corrected chi connectivity index (χ0v) is 32.5. The molecule has 0 saturated heterocycles. The van der Waals surface area contributed by atoms with Crippen LogP contribution in [0.3, 0.4) is 0 Å². The number of nitrogens with zero attached hydrogens (tertiary/aromatic N) is 2. The Morgan fingerprint density at radius 2 is 1.53 bits per heavy atom. The van der Waals surface area contributed by atoms with Crippen molar-refractivity contribution in [2.75, 3.05) is 24.5 Å². The lowest BCUT2D eigenvalue weighted by atomic mass is 9.81. The topological polar surface area (TPSA) is 41.5 Å². The predicted molar refractivity (Wildman–Crippen MR) is 203 cm³/mol. The molecule has 2 N–H and O–H groups in total. The third-order valence-corrected chi connectivity index (χ3v) is 10.4. The van der Waals surface area contributed by atoms with Gasteiger partial charge in [-0.1, -0.05) is 82.3 Å². The monoisotopic (exact) mass is 767 g/mol. The van der Waals surface area contributed by atoms with Gasteiger partial charge in [-0.25, -0.2) is 0 Å². The molecule has 3 aliphatic rings. The van der Waals surface area contributed by atoms with E-state index in [1.807, 2.05) is 0 Å². The van der Waals surface area contributed by atoms with Crippen molar-refractivity contribution in [2.24, 2.45) is 5.73 Å². The summed E-state index contributed by atoms with van der Waals surface area (Å²) in [7, 11) is 0. The molecule has 2 heterocycles. The summed E-state index contributed by atoms with van der Waals surface area (Å²) >= 11 is 0. The zero-order valence-electron chi connectivity index (χ0n) is 30.4. The van der Waals surface area contributed by atoms with Crippen LogP contribution in [0.4, 0.5) is 11.4 Å². The quantitative estimate of drug-likeness (QED) is 0.168.